The molecule has 8 saturated carbocycles. The minimum atomic E-state index is -0.445. The average molecular weight is 993 g/mol. The molecule has 2 aromatic rings. The maximum absolute atomic E-state index is 13.3. The average Bonchev–Trinajstić information content (AvgIpc) is 3.90. The van der Waals surface area contributed by atoms with Crippen molar-refractivity contribution in [2.45, 2.75) is 194 Å². The van der Waals surface area contributed by atoms with Gasteiger partial charge in [0, 0.05) is 24.2 Å². The summed E-state index contributed by atoms with van der Waals surface area (Å²) in [6, 6.07) is 14.6. The Hall–Kier alpha value is -3.26. The van der Waals surface area contributed by atoms with E-state index in [1.807, 2.05) is 48.5 Å². The smallest absolute Gasteiger partial charge is 0.224 e. The molecule has 12 nitrogen and oxygen atoms in total. The van der Waals surface area contributed by atoms with Crippen LogP contribution in [-0.2, 0) is 9.59 Å². The summed E-state index contributed by atoms with van der Waals surface area (Å²) in [7, 11) is 0. The van der Waals surface area contributed by atoms with E-state index in [9.17, 15) is 40.2 Å². The van der Waals surface area contributed by atoms with E-state index < -0.39 is 24.4 Å². The SMILES string of the molecule is C[C@H](CCC(=O)Nc1ccc(N=Nc2ccc(NC(=O)CC[C@@H](C)[C@H]3CC[C@H]4[C@@H]5[C@H](O)C[C@@H]6C[C@H](O)CC[C@]6(C)[C@H]5C[C@H](O)[C@]34C)cc2)cc1)[C@H]1CC[C@H]2[C@@H]3[C@H](O)C[C@@H]4C[C@H](O)CC[C@]4(C)[C@H]3C[C@H](O)[C@]12C. The first kappa shape index (κ1) is 52.2. The van der Waals surface area contributed by atoms with E-state index in [0.29, 0.717) is 60.3 Å². The number of nitrogens with one attached hydrogen (secondary N) is 2. The minimum absolute atomic E-state index is 0.0440. The fourth-order valence-electron chi connectivity index (χ4n) is 19.2. The normalized spacial score (nSPS) is 45.1. The Kier molecular flexibility index (Phi) is 14.5. The highest BCUT2D eigenvalue weighted by Crippen LogP contribution is 2.70. The molecule has 0 saturated heterocycles. The Morgan fingerprint density at radius 2 is 0.903 bits per heavy atom. The van der Waals surface area contributed by atoms with Crippen molar-refractivity contribution in [2.75, 3.05) is 10.6 Å². The zero-order chi connectivity index (χ0) is 51.1. The quantitative estimate of drug-likeness (QED) is 0.0959. The molecular formula is C60H88N4O8. The summed E-state index contributed by atoms with van der Waals surface area (Å²) in [5.41, 5.74) is 2.17. The molecule has 2 amide bonds. The number of azo groups is 1. The van der Waals surface area contributed by atoms with Crippen molar-refractivity contribution in [3.05, 3.63) is 48.5 Å². The topological polar surface area (TPSA) is 204 Å². The van der Waals surface area contributed by atoms with E-state index in [-0.39, 0.29) is 105 Å². The number of rotatable bonds is 12. The molecule has 22 atom stereocenters. The molecule has 0 aromatic heterocycles. The van der Waals surface area contributed by atoms with Gasteiger partial charge in [-0.2, -0.15) is 10.2 Å². The maximum atomic E-state index is 13.3. The molecule has 0 unspecified atom stereocenters. The molecular weight excluding hydrogens is 905 g/mol. The zero-order valence-electron chi connectivity index (χ0n) is 44.1. The summed E-state index contributed by atoms with van der Waals surface area (Å²) in [6.45, 7) is 13.7. The lowest BCUT2D eigenvalue weighted by atomic mass is 9.43. The molecule has 0 spiro atoms. The van der Waals surface area contributed by atoms with Gasteiger partial charge in [0.15, 0.2) is 0 Å². The van der Waals surface area contributed by atoms with Gasteiger partial charge in [0.25, 0.3) is 0 Å². The van der Waals surface area contributed by atoms with Gasteiger partial charge in [0.2, 0.25) is 11.8 Å². The van der Waals surface area contributed by atoms with Gasteiger partial charge in [-0.3, -0.25) is 9.59 Å². The summed E-state index contributed by atoms with van der Waals surface area (Å²) < 4.78 is 0. The molecule has 0 radical (unpaired) electrons. The van der Waals surface area contributed by atoms with Crippen molar-refractivity contribution in [3.8, 4) is 0 Å². The van der Waals surface area contributed by atoms with Gasteiger partial charge in [-0.15, -0.1) is 0 Å². The number of hydrogen-bond donors (Lipinski definition) is 8. The van der Waals surface area contributed by atoms with Crippen LogP contribution in [0.1, 0.15) is 157 Å². The second-order valence-corrected chi connectivity index (χ2v) is 26.5. The van der Waals surface area contributed by atoms with Crippen molar-refractivity contribution in [3.63, 3.8) is 0 Å². The lowest BCUT2D eigenvalue weighted by Gasteiger charge is -2.63. The van der Waals surface area contributed by atoms with Gasteiger partial charge in [0.1, 0.15) is 0 Å². The molecule has 0 heterocycles. The number of carbonyl (C=O) groups excluding carboxylic acids is 2. The molecule has 0 bridgehead atoms. The van der Waals surface area contributed by atoms with E-state index >= 15 is 0 Å². The number of amides is 2. The van der Waals surface area contributed by atoms with Crippen LogP contribution in [0.25, 0.3) is 0 Å². The Labute approximate surface area is 429 Å². The van der Waals surface area contributed by atoms with Crippen LogP contribution >= 0.6 is 0 Å². The third-order valence-electron chi connectivity index (χ3n) is 23.3. The van der Waals surface area contributed by atoms with E-state index in [1.54, 1.807) is 0 Å². The number of aliphatic hydroxyl groups is 6. The Bertz CT molecular complexity index is 2140. The Balaban J connectivity index is 0.664. The van der Waals surface area contributed by atoms with Gasteiger partial charge in [-0.1, -0.05) is 41.5 Å². The minimum Gasteiger partial charge on any atom is -0.393 e. The number of benzene rings is 2. The monoisotopic (exact) mass is 993 g/mol. The summed E-state index contributed by atoms with van der Waals surface area (Å²) in [5, 5.41) is 83.1. The Morgan fingerprint density at radius 3 is 1.28 bits per heavy atom. The van der Waals surface area contributed by atoms with Crippen LogP contribution in [0.4, 0.5) is 22.7 Å². The summed E-state index contributed by atoms with van der Waals surface area (Å²) in [5.74, 6) is 2.95. The third-order valence-corrected chi connectivity index (χ3v) is 23.3. The fraction of sp³-hybridized carbons (Fsp3) is 0.767. The van der Waals surface area contributed by atoms with E-state index in [1.165, 1.54) is 0 Å². The number of hydrogen-bond acceptors (Lipinski definition) is 10. The number of aliphatic hydroxyl groups excluding tert-OH is 6. The molecule has 12 heteroatoms. The van der Waals surface area contributed by atoms with Gasteiger partial charge in [-0.25, -0.2) is 0 Å². The van der Waals surface area contributed by atoms with Gasteiger partial charge in [0.05, 0.1) is 48.0 Å². The van der Waals surface area contributed by atoms with Crippen LogP contribution < -0.4 is 10.6 Å². The summed E-state index contributed by atoms with van der Waals surface area (Å²) in [4.78, 5) is 26.5. The standard InChI is InChI=1S/C60H88N4O8/c1-33(43-17-19-45-55-47(31-51(69)59(43,45)5)57(3)25-23-41(65)27-35(57)29-49(55)67)7-21-53(71)61-37-9-13-39(14-10-37)63-64-40-15-11-38(12-16-40)62-54(72)22-8-34(2)44-18-20-46-56-48(32-52(70)60(44,46)6)58(4)26-24-42(66)28-36(58)30-50(56)68/h9-16,33-36,41-52,55-56,65-70H,7-8,17-32H2,1-6H3,(H,61,71)(H,62,72)/t33-,34-,35+,36+,41-,42-,43-,44-,45+,46+,47+,48+,49-,50-,51+,52+,55+,56+,57+,58+,59-,60-/m1/s1. The molecule has 2 aromatic carbocycles. The highest BCUT2D eigenvalue weighted by molar-refractivity contribution is 5.91. The second-order valence-electron chi connectivity index (χ2n) is 26.5. The van der Waals surface area contributed by atoms with Crippen molar-refractivity contribution >= 4 is 34.6 Å². The fourth-order valence-corrected chi connectivity index (χ4v) is 19.2. The molecule has 8 aliphatic rings. The Morgan fingerprint density at radius 1 is 0.528 bits per heavy atom. The van der Waals surface area contributed by atoms with Gasteiger partial charge < -0.3 is 41.3 Å². The largest absolute Gasteiger partial charge is 0.393 e. The highest BCUT2D eigenvalue weighted by atomic mass is 16.3. The van der Waals surface area contributed by atoms with Gasteiger partial charge in [-0.05, 0) is 244 Å². The molecule has 8 aliphatic carbocycles. The molecule has 72 heavy (non-hydrogen) atoms. The van der Waals surface area contributed by atoms with E-state index in [2.05, 4.69) is 62.4 Å². The number of carbonyl (C=O) groups is 2. The molecule has 0 aliphatic heterocycles. The second kappa shape index (κ2) is 20.0. The van der Waals surface area contributed by atoms with Gasteiger partial charge >= 0.3 is 0 Å². The van der Waals surface area contributed by atoms with Crippen molar-refractivity contribution in [1.29, 1.82) is 0 Å². The van der Waals surface area contributed by atoms with Crippen LogP contribution in [0.15, 0.2) is 58.8 Å². The van der Waals surface area contributed by atoms with Crippen LogP contribution in [0.3, 0.4) is 0 Å². The molecule has 10 rings (SSSR count). The predicted octanol–water partition coefficient (Wildman–Crippen LogP) is 10.7. The van der Waals surface area contributed by atoms with Crippen LogP contribution in [-0.4, -0.2) is 79.1 Å². The van der Waals surface area contributed by atoms with Crippen LogP contribution in [0, 0.1) is 92.7 Å². The molecule has 396 valence electrons. The first-order valence-electron chi connectivity index (χ1n) is 28.5. The first-order valence-corrected chi connectivity index (χ1v) is 28.5. The lowest BCUT2D eigenvalue weighted by Crippen LogP contribution is -2.62. The molecule has 8 fully saturated rings. The number of fused-ring (bicyclic) bond motifs is 10. The van der Waals surface area contributed by atoms with Crippen LogP contribution in [0.5, 0.6) is 0 Å². The van der Waals surface area contributed by atoms with Crippen molar-refractivity contribution in [1.82, 2.24) is 0 Å². The summed E-state index contributed by atoms with van der Waals surface area (Å²) in [6.07, 6.45) is 12.0. The number of anilines is 2. The van der Waals surface area contributed by atoms with Crippen molar-refractivity contribution < 1.29 is 40.2 Å². The van der Waals surface area contributed by atoms with E-state index in [4.69, 9.17) is 0 Å². The summed E-state index contributed by atoms with van der Waals surface area (Å²) >= 11 is 0. The van der Waals surface area contributed by atoms with Crippen LogP contribution in [0.2, 0.25) is 0 Å². The zero-order valence-corrected chi connectivity index (χ0v) is 44.1. The highest BCUT2D eigenvalue weighted by Gasteiger charge is 2.67. The van der Waals surface area contributed by atoms with Crippen molar-refractivity contribution in [2.24, 2.45) is 103 Å². The molecule has 8 N–H and O–H groups in total. The van der Waals surface area contributed by atoms with E-state index in [0.717, 1.165) is 89.9 Å². The first-order chi connectivity index (χ1) is 34.2. The third kappa shape index (κ3) is 9.13. The predicted molar refractivity (Wildman–Crippen MR) is 279 cm³/mol. The number of nitrogens with zero attached hydrogens (tertiary/aromatic N) is 2. The lowest BCUT2D eigenvalue weighted by molar-refractivity contribution is -0.207. The maximum Gasteiger partial charge on any atom is 0.224 e.